The predicted octanol–water partition coefficient (Wildman–Crippen LogP) is 3.30. The maximum absolute atomic E-state index is 13.9. The minimum absolute atomic E-state index is 0.213. The molecule has 28 heavy (non-hydrogen) atoms. The van der Waals surface area contributed by atoms with E-state index in [2.05, 4.69) is 32.7 Å². The van der Waals surface area contributed by atoms with Gasteiger partial charge in [-0.15, -0.1) is 10.2 Å². The molecular formula is C21H31FN6. The lowest BCUT2D eigenvalue weighted by Gasteiger charge is -2.23. The van der Waals surface area contributed by atoms with Gasteiger partial charge in [0.25, 0.3) is 0 Å². The molecular weight excluding hydrogens is 355 g/mol. The number of halogens is 1. The fourth-order valence-electron chi connectivity index (χ4n) is 3.63. The third-order valence-electron chi connectivity index (χ3n) is 5.31. The number of aryl methyl sites for hydroxylation is 1. The molecule has 1 aromatic heterocycles. The van der Waals surface area contributed by atoms with Crippen molar-refractivity contribution in [1.82, 2.24) is 25.4 Å². The SMILES string of the molecule is CCc1nncn1CCNC(=NCc1ccccc1F)NCC1CCCCC1. The Kier molecular flexibility index (Phi) is 7.82. The normalized spacial score (nSPS) is 15.6. The minimum Gasteiger partial charge on any atom is -0.356 e. The summed E-state index contributed by atoms with van der Waals surface area (Å²) in [5.74, 6) is 2.19. The number of aliphatic imine (C=N–C) groups is 1. The van der Waals surface area contributed by atoms with Gasteiger partial charge in [-0.2, -0.15) is 0 Å². The Morgan fingerprint density at radius 1 is 1.21 bits per heavy atom. The molecule has 6 nitrogen and oxygen atoms in total. The molecule has 1 saturated carbocycles. The lowest BCUT2D eigenvalue weighted by atomic mass is 9.89. The molecule has 0 bridgehead atoms. The van der Waals surface area contributed by atoms with E-state index in [0.29, 0.717) is 24.6 Å². The summed E-state index contributed by atoms with van der Waals surface area (Å²) in [6.45, 7) is 4.77. The van der Waals surface area contributed by atoms with E-state index in [0.717, 1.165) is 31.3 Å². The lowest BCUT2D eigenvalue weighted by Crippen LogP contribution is -2.41. The molecule has 1 fully saturated rings. The monoisotopic (exact) mass is 386 g/mol. The van der Waals surface area contributed by atoms with Crippen LogP contribution in [0, 0.1) is 11.7 Å². The molecule has 2 aromatic rings. The van der Waals surface area contributed by atoms with E-state index in [1.165, 1.54) is 38.2 Å². The van der Waals surface area contributed by atoms with E-state index < -0.39 is 0 Å². The molecule has 0 atom stereocenters. The summed E-state index contributed by atoms with van der Waals surface area (Å²) in [5, 5.41) is 14.9. The number of aromatic nitrogens is 3. The smallest absolute Gasteiger partial charge is 0.191 e. The van der Waals surface area contributed by atoms with Crippen LogP contribution in [-0.4, -0.2) is 33.8 Å². The first kappa shape index (κ1) is 20.3. The van der Waals surface area contributed by atoms with E-state index >= 15 is 0 Å². The quantitative estimate of drug-likeness (QED) is 0.540. The predicted molar refractivity (Wildman–Crippen MR) is 110 cm³/mol. The van der Waals surface area contributed by atoms with Gasteiger partial charge in [-0.25, -0.2) is 9.38 Å². The van der Waals surface area contributed by atoms with Crippen LogP contribution in [-0.2, 0) is 19.5 Å². The molecule has 1 aliphatic carbocycles. The van der Waals surface area contributed by atoms with Gasteiger partial charge in [0, 0.05) is 31.6 Å². The van der Waals surface area contributed by atoms with Gasteiger partial charge < -0.3 is 15.2 Å². The van der Waals surface area contributed by atoms with E-state index in [4.69, 9.17) is 0 Å². The van der Waals surface area contributed by atoms with Crippen LogP contribution in [0.4, 0.5) is 4.39 Å². The van der Waals surface area contributed by atoms with Crippen LogP contribution in [0.2, 0.25) is 0 Å². The van der Waals surface area contributed by atoms with Gasteiger partial charge in [0.2, 0.25) is 0 Å². The van der Waals surface area contributed by atoms with E-state index in [1.54, 1.807) is 18.5 Å². The number of guanidine groups is 1. The zero-order chi connectivity index (χ0) is 19.6. The van der Waals surface area contributed by atoms with Crippen molar-refractivity contribution >= 4 is 5.96 Å². The Bertz CT molecular complexity index is 751. The standard InChI is InChI=1S/C21H31FN6/c1-2-20-27-26-16-28(20)13-12-23-21(24-14-17-8-4-3-5-9-17)25-15-18-10-6-7-11-19(18)22/h6-7,10-11,16-17H,2-5,8-9,12-15H2,1H3,(H2,23,24,25). The molecule has 1 heterocycles. The zero-order valence-electron chi connectivity index (χ0n) is 16.7. The molecule has 1 aromatic carbocycles. The molecule has 152 valence electrons. The molecule has 0 amide bonds. The number of rotatable bonds is 8. The minimum atomic E-state index is -0.213. The lowest BCUT2D eigenvalue weighted by molar-refractivity contribution is 0.355. The molecule has 0 saturated heterocycles. The van der Waals surface area contributed by atoms with Crippen molar-refractivity contribution < 1.29 is 4.39 Å². The highest BCUT2D eigenvalue weighted by Gasteiger charge is 2.14. The van der Waals surface area contributed by atoms with Crippen molar-refractivity contribution in [3.8, 4) is 0 Å². The highest BCUT2D eigenvalue weighted by Crippen LogP contribution is 2.22. The number of hydrogen-bond acceptors (Lipinski definition) is 3. The topological polar surface area (TPSA) is 67.1 Å². The zero-order valence-corrected chi connectivity index (χ0v) is 16.7. The summed E-state index contributed by atoms with van der Waals surface area (Å²) in [4.78, 5) is 4.61. The van der Waals surface area contributed by atoms with Crippen molar-refractivity contribution in [3.05, 3.63) is 47.8 Å². The first-order chi connectivity index (χ1) is 13.8. The summed E-state index contributed by atoms with van der Waals surface area (Å²) in [6, 6.07) is 6.80. The van der Waals surface area contributed by atoms with E-state index in [9.17, 15) is 4.39 Å². The molecule has 0 unspecified atom stereocenters. The second-order valence-corrected chi connectivity index (χ2v) is 7.36. The number of benzene rings is 1. The first-order valence-corrected chi connectivity index (χ1v) is 10.4. The second-order valence-electron chi connectivity index (χ2n) is 7.36. The highest BCUT2D eigenvalue weighted by molar-refractivity contribution is 5.79. The van der Waals surface area contributed by atoms with Crippen LogP contribution in [0.25, 0.3) is 0 Å². The third-order valence-corrected chi connectivity index (χ3v) is 5.31. The molecule has 0 aliphatic heterocycles. The third kappa shape index (κ3) is 6.04. The van der Waals surface area contributed by atoms with Crippen molar-refractivity contribution in [2.24, 2.45) is 10.9 Å². The fraction of sp³-hybridized carbons (Fsp3) is 0.571. The Hall–Kier alpha value is -2.44. The van der Waals surface area contributed by atoms with E-state index in [-0.39, 0.29) is 5.82 Å². The summed E-state index contributed by atoms with van der Waals surface area (Å²) in [5.41, 5.74) is 0.605. The van der Waals surface area contributed by atoms with Gasteiger partial charge in [0.05, 0.1) is 6.54 Å². The molecule has 0 spiro atoms. The Morgan fingerprint density at radius 2 is 2.04 bits per heavy atom. The number of nitrogens with zero attached hydrogens (tertiary/aromatic N) is 4. The van der Waals surface area contributed by atoms with Gasteiger partial charge in [-0.05, 0) is 24.8 Å². The summed E-state index contributed by atoms with van der Waals surface area (Å²) < 4.78 is 16.0. The maximum atomic E-state index is 13.9. The Morgan fingerprint density at radius 3 is 2.82 bits per heavy atom. The summed E-state index contributed by atoms with van der Waals surface area (Å²) >= 11 is 0. The van der Waals surface area contributed by atoms with Gasteiger partial charge in [0.15, 0.2) is 5.96 Å². The van der Waals surface area contributed by atoms with Gasteiger partial charge >= 0.3 is 0 Å². The Labute approximate surface area is 166 Å². The summed E-state index contributed by atoms with van der Waals surface area (Å²) in [6.07, 6.45) is 9.13. The van der Waals surface area contributed by atoms with Crippen molar-refractivity contribution in [2.75, 3.05) is 13.1 Å². The molecule has 1 aliphatic rings. The van der Waals surface area contributed by atoms with Crippen molar-refractivity contribution in [3.63, 3.8) is 0 Å². The van der Waals surface area contributed by atoms with Gasteiger partial charge in [-0.1, -0.05) is 44.4 Å². The van der Waals surface area contributed by atoms with Crippen LogP contribution in [0.3, 0.4) is 0 Å². The maximum Gasteiger partial charge on any atom is 0.191 e. The van der Waals surface area contributed by atoms with Gasteiger partial charge in [0.1, 0.15) is 18.0 Å². The van der Waals surface area contributed by atoms with Crippen molar-refractivity contribution in [2.45, 2.75) is 58.5 Å². The number of nitrogens with one attached hydrogen (secondary N) is 2. The van der Waals surface area contributed by atoms with Crippen LogP contribution >= 0.6 is 0 Å². The van der Waals surface area contributed by atoms with Crippen LogP contribution < -0.4 is 10.6 Å². The molecule has 0 radical (unpaired) electrons. The van der Waals surface area contributed by atoms with Crippen LogP contribution in [0.5, 0.6) is 0 Å². The molecule has 3 rings (SSSR count). The second kappa shape index (κ2) is 10.8. The Balaban J connectivity index is 1.57. The molecule has 7 heteroatoms. The largest absolute Gasteiger partial charge is 0.356 e. The van der Waals surface area contributed by atoms with Crippen LogP contribution in [0.1, 0.15) is 50.4 Å². The number of hydrogen-bond donors (Lipinski definition) is 2. The van der Waals surface area contributed by atoms with Crippen molar-refractivity contribution in [1.29, 1.82) is 0 Å². The van der Waals surface area contributed by atoms with E-state index in [1.807, 2.05) is 10.6 Å². The summed E-state index contributed by atoms with van der Waals surface area (Å²) in [7, 11) is 0. The highest BCUT2D eigenvalue weighted by atomic mass is 19.1. The average Bonchev–Trinajstić information content (AvgIpc) is 3.19. The van der Waals surface area contributed by atoms with Gasteiger partial charge in [-0.3, -0.25) is 0 Å². The molecule has 2 N–H and O–H groups in total. The fourth-order valence-corrected chi connectivity index (χ4v) is 3.63. The first-order valence-electron chi connectivity index (χ1n) is 10.4. The average molecular weight is 387 g/mol. The van der Waals surface area contributed by atoms with Crippen LogP contribution in [0.15, 0.2) is 35.6 Å².